The SMILES string of the molecule is CCOc1cc(=O)n(C)cc1-c1cnn(-c2ccccc2C#N)c1. The molecular formula is C18H16N4O2. The topological polar surface area (TPSA) is 72.8 Å². The molecule has 0 aliphatic rings. The van der Waals surface area contributed by atoms with Gasteiger partial charge in [0.15, 0.2) is 0 Å². The summed E-state index contributed by atoms with van der Waals surface area (Å²) in [4.78, 5) is 11.8. The van der Waals surface area contributed by atoms with Crippen LogP contribution >= 0.6 is 0 Å². The van der Waals surface area contributed by atoms with Gasteiger partial charge in [0.05, 0.1) is 24.1 Å². The fourth-order valence-electron chi connectivity index (χ4n) is 2.47. The fraction of sp³-hybridized carbons (Fsp3) is 0.167. The molecule has 0 saturated carbocycles. The highest BCUT2D eigenvalue weighted by Crippen LogP contribution is 2.29. The Kier molecular flexibility index (Phi) is 4.17. The van der Waals surface area contributed by atoms with Crippen LogP contribution in [0.3, 0.4) is 0 Å². The molecule has 0 aliphatic heterocycles. The van der Waals surface area contributed by atoms with Crippen LogP contribution in [-0.4, -0.2) is 21.0 Å². The van der Waals surface area contributed by atoms with Gasteiger partial charge in [-0.25, -0.2) is 4.68 Å². The number of pyridine rings is 1. The highest BCUT2D eigenvalue weighted by molar-refractivity contribution is 5.69. The van der Waals surface area contributed by atoms with Gasteiger partial charge in [0.2, 0.25) is 0 Å². The first-order valence-electron chi connectivity index (χ1n) is 7.52. The van der Waals surface area contributed by atoms with Crippen molar-refractivity contribution in [2.45, 2.75) is 6.92 Å². The summed E-state index contributed by atoms with van der Waals surface area (Å²) < 4.78 is 8.73. The molecule has 0 bridgehead atoms. The van der Waals surface area contributed by atoms with Crippen molar-refractivity contribution in [3.63, 3.8) is 0 Å². The molecule has 0 amide bonds. The van der Waals surface area contributed by atoms with E-state index in [1.54, 1.807) is 30.2 Å². The van der Waals surface area contributed by atoms with Crippen molar-refractivity contribution >= 4 is 0 Å². The Balaban J connectivity index is 2.10. The zero-order chi connectivity index (χ0) is 17.1. The lowest BCUT2D eigenvalue weighted by atomic mass is 10.1. The van der Waals surface area contributed by atoms with Gasteiger partial charge in [0, 0.05) is 36.6 Å². The van der Waals surface area contributed by atoms with Gasteiger partial charge in [-0.15, -0.1) is 0 Å². The van der Waals surface area contributed by atoms with Crippen LogP contribution in [0, 0.1) is 11.3 Å². The maximum atomic E-state index is 11.8. The minimum atomic E-state index is -0.135. The summed E-state index contributed by atoms with van der Waals surface area (Å²) in [6.45, 7) is 2.33. The minimum Gasteiger partial charge on any atom is -0.493 e. The summed E-state index contributed by atoms with van der Waals surface area (Å²) in [6, 6.07) is 10.9. The lowest BCUT2D eigenvalue weighted by Crippen LogP contribution is -2.15. The van der Waals surface area contributed by atoms with Crippen molar-refractivity contribution in [3.8, 4) is 28.6 Å². The van der Waals surface area contributed by atoms with E-state index >= 15 is 0 Å². The molecule has 2 heterocycles. The van der Waals surface area contributed by atoms with E-state index in [0.717, 1.165) is 11.1 Å². The molecule has 6 nitrogen and oxygen atoms in total. The number of hydrogen-bond donors (Lipinski definition) is 0. The van der Waals surface area contributed by atoms with E-state index in [2.05, 4.69) is 11.2 Å². The van der Waals surface area contributed by atoms with Crippen LogP contribution in [0.25, 0.3) is 16.8 Å². The summed E-state index contributed by atoms with van der Waals surface area (Å²) in [7, 11) is 1.69. The molecule has 120 valence electrons. The number of benzene rings is 1. The zero-order valence-corrected chi connectivity index (χ0v) is 13.4. The van der Waals surface area contributed by atoms with E-state index in [-0.39, 0.29) is 5.56 Å². The van der Waals surface area contributed by atoms with Gasteiger partial charge in [-0.3, -0.25) is 4.79 Å². The fourth-order valence-corrected chi connectivity index (χ4v) is 2.47. The molecule has 0 fully saturated rings. The van der Waals surface area contributed by atoms with Gasteiger partial charge in [-0.05, 0) is 19.1 Å². The predicted molar refractivity (Wildman–Crippen MR) is 90.1 cm³/mol. The van der Waals surface area contributed by atoms with Crippen molar-refractivity contribution in [2.75, 3.05) is 6.61 Å². The first-order valence-corrected chi connectivity index (χ1v) is 7.52. The van der Waals surface area contributed by atoms with E-state index < -0.39 is 0 Å². The van der Waals surface area contributed by atoms with E-state index in [9.17, 15) is 10.1 Å². The Hall–Kier alpha value is -3.33. The average Bonchev–Trinajstić information content (AvgIpc) is 3.07. The third-order valence-electron chi connectivity index (χ3n) is 3.66. The third-order valence-corrected chi connectivity index (χ3v) is 3.66. The molecule has 0 spiro atoms. The van der Waals surface area contributed by atoms with Crippen molar-refractivity contribution in [3.05, 3.63) is 64.8 Å². The number of hydrogen-bond acceptors (Lipinski definition) is 4. The standard InChI is InChI=1S/C18H16N4O2/c1-3-24-17-8-18(23)21(2)12-15(17)14-10-20-22(11-14)16-7-5-4-6-13(16)9-19/h4-8,10-12H,3H2,1-2H3. The summed E-state index contributed by atoms with van der Waals surface area (Å²) in [5.41, 5.74) is 2.69. The van der Waals surface area contributed by atoms with Crippen LogP contribution in [-0.2, 0) is 7.05 Å². The van der Waals surface area contributed by atoms with Crippen molar-refractivity contribution in [2.24, 2.45) is 7.05 Å². The molecule has 0 aliphatic carbocycles. The average molecular weight is 320 g/mol. The molecular weight excluding hydrogens is 304 g/mol. The Labute approximate surface area is 139 Å². The number of ether oxygens (including phenoxy) is 1. The maximum Gasteiger partial charge on any atom is 0.254 e. The van der Waals surface area contributed by atoms with Crippen LogP contribution in [0.5, 0.6) is 5.75 Å². The minimum absolute atomic E-state index is 0.135. The molecule has 6 heteroatoms. The Morgan fingerprint density at radius 2 is 2.08 bits per heavy atom. The van der Waals surface area contributed by atoms with Crippen molar-refractivity contribution in [1.82, 2.24) is 14.3 Å². The molecule has 3 aromatic rings. The van der Waals surface area contributed by atoms with Gasteiger partial charge in [0.25, 0.3) is 5.56 Å². The number of rotatable bonds is 4. The van der Waals surface area contributed by atoms with Crippen molar-refractivity contribution in [1.29, 1.82) is 5.26 Å². The normalized spacial score (nSPS) is 10.4. The second-order valence-corrected chi connectivity index (χ2v) is 5.24. The molecule has 0 radical (unpaired) electrons. The molecule has 2 aromatic heterocycles. The summed E-state index contributed by atoms with van der Waals surface area (Å²) in [5.74, 6) is 0.522. The lowest BCUT2D eigenvalue weighted by molar-refractivity contribution is 0.340. The molecule has 0 atom stereocenters. The van der Waals surface area contributed by atoms with E-state index in [1.165, 1.54) is 10.6 Å². The van der Waals surface area contributed by atoms with Gasteiger partial charge in [-0.2, -0.15) is 10.4 Å². The Bertz CT molecular complexity index is 979. The first-order chi connectivity index (χ1) is 11.6. The molecule has 0 unspecified atom stereocenters. The summed E-state index contributed by atoms with van der Waals surface area (Å²) in [6.07, 6.45) is 5.24. The molecule has 0 N–H and O–H groups in total. The summed E-state index contributed by atoms with van der Waals surface area (Å²) >= 11 is 0. The van der Waals surface area contributed by atoms with E-state index in [0.29, 0.717) is 23.6 Å². The predicted octanol–water partition coefficient (Wildman–Crippen LogP) is 2.51. The maximum absolute atomic E-state index is 11.8. The second-order valence-electron chi connectivity index (χ2n) is 5.24. The molecule has 24 heavy (non-hydrogen) atoms. The van der Waals surface area contributed by atoms with Gasteiger partial charge in [0.1, 0.15) is 11.8 Å². The zero-order valence-electron chi connectivity index (χ0n) is 13.4. The number of aryl methyl sites for hydroxylation is 1. The van der Waals surface area contributed by atoms with E-state index in [4.69, 9.17) is 4.74 Å². The Morgan fingerprint density at radius 1 is 1.29 bits per heavy atom. The Morgan fingerprint density at radius 3 is 2.83 bits per heavy atom. The molecule has 1 aromatic carbocycles. The van der Waals surface area contributed by atoms with Crippen LogP contribution in [0.4, 0.5) is 0 Å². The van der Waals surface area contributed by atoms with Crippen LogP contribution in [0.15, 0.2) is 53.7 Å². The monoisotopic (exact) mass is 320 g/mol. The largest absolute Gasteiger partial charge is 0.493 e. The van der Waals surface area contributed by atoms with Crippen LogP contribution in [0.1, 0.15) is 12.5 Å². The lowest BCUT2D eigenvalue weighted by Gasteiger charge is -2.10. The first kappa shape index (κ1) is 15.6. The quantitative estimate of drug-likeness (QED) is 0.740. The highest BCUT2D eigenvalue weighted by atomic mass is 16.5. The summed E-state index contributed by atoms with van der Waals surface area (Å²) in [5, 5.41) is 13.6. The molecule has 0 saturated heterocycles. The highest BCUT2D eigenvalue weighted by Gasteiger charge is 2.12. The van der Waals surface area contributed by atoms with Crippen molar-refractivity contribution < 1.29 is 4.74 Å². The number of nitriles is 1. The second kappa shape index (κ2) is 6.42. The van der Waals surface area contributed by atoms with Gasteiger partial charge >= 0.3 is 0 Å². The molecule has 3 rings (SSSR count). The third kappa shape index (κ3) is 2.79. The number of aromatic nitrogens is 3. The number of para-hydroxylation sites is 1. The van der Waals surface area contributed by atoms with Gasteiger partial charge < -0.3 is 9.30 Å². The smallest absolute Gasteiger partial charge is 0.254 e. The van der Waals surface area contributed by atoms with E-state index in [1.807, 2.05) is 31.3 Å². The van der Waals surface area contributed by atoms with Crippen LogP contribution < -0.4 is 10.3 Å². The number of nitrogens with zero attached hydrogens (tertiary/aromatic N) is 4. The van der Waals surface area contributed by atoms with Gasteiger partial charge in [-0.1, -0.05) is 12.1 Å². The van der Waals surface area contributed by atoms with Crippen LogP contribution in [0.2, 0.25) is 0 Å².